The van der Waals surface area contributed by atoms with Crippen LogP contribution in [0.3, 0.4) is 0 Å². The van der Waals surface area contributed by atoms with Crippen molar-refractivity contribution in [1.29, 1.82) is 0 Å². The first-order chi connectivity index (χ1) is 16.8. The maximum Gasteiger partial charge on any atom is 0.213 e. The van der Waals surface area contributed by atoms with Gasteiger partial charge in [-0.25, -0.2) is 14.5 Å². The average Bonchev–Trinajstić information content (AvgIpc) is 3.35. The zero-order valence-corrected chi connectivity index (χ0v) is 19.4. The van der Waals surface area contributed by atoms with E-state index in [1.54, 1.807) is 19.6 Å². The van der Waals surface area contributed by atoms with Gasteiger partial charge in [0.25, 0.3) is 0 Å². The van der Waals surface area contributed by atoms with E-state index in [0.29, 0.717) is 5.88 Å². The lowest BCUT2D eigenvalue weighted by atomic mass is 9.91. The summed E-state index contributed by atoms with van der Waals surface area (Å²) in [6.07, 6.45) is 7.49. The summed E-state index contributed by atoms with van der Waals surface area (Å²) >= 11 is 0. The van der Waals surface area contributed by atoms with E-state index < -0.39 is 0 Å². The highest BCUT2D eigenvalue weighted by Crippen LogP contribution is 2.30. The molecular formula is C26H29N7O. The maximum atomic E-state index is 5.27. The van der Waals surface area contributed by atoms with Crippen molar-refractivity contribution >= 4 is 22.7 Å². The van der Waals surface area contributed by atoms with Gasteiger partial charge >= 0.3 is 0 Å². The van der Waals surface area contributed by atoms with Crippen molar-refractivity contribution in [2.75, 3.05) is 43.5 Å². The summed E-state index contributed by atoms with van der Waals surface area (Å²) in [4.78, 5) is 13.9. The highest BCUT2D eigenvalue weighted by atomic mass is 16.5. The zero-order chi connectivity index (χ0) is 22.9. The molecule has 1 N–H and O–H groups in total. The third-order valence-corrected chi connectivity index (χ3v) is 7.08. The Balaban J connectivity index is 1.18. The van der Waals surface area contributed by atoms with Crippen LogP contribution in [0.15, 0.2) is 61.1 Å². The van der Waals surface area contributed by atoms with Gasteiger partial charge in [0.1, 0.15) is 6.33 Å². The van der Waals surface area contributed by atoms with Gasteiger partial charge in [-0.3, -0.25) is 4.90 Å². The summed E-state index contributed by atoms with van der Waals surface area (Å²) in [6, 6.07) is 17.5. The van der Waals surface area contributed by atoms with Crippen LogP contribution in [0.1, 0.15) is 19.3 Å². The van der Waals surface area contributed by atoms with Crippen molar-refractivity contribution in [1.82, 2.24) is 24.5 Å². The SMILES string of the molecule is COc1cc(-c2ccc(Nc3ccc(N4CCN(C5CCC5)CC4)cc3)c3ncnn23)ccn1. The average molecular weight is 456 g/mol. The first kappa shape index (κ1) is 20.9. The molecule has 174 valence electrons. The Morgan fingerprint density at radius 2 is 1.76 bits per heavy atom. The Bertz CT molecular complexity index is 1270. The molecule has 3 aromatic heterocycles. The van der Waals surface area contributed by atoms with Crippen molar-refractivity contribution in [3.05, 3.63) is 61.1 Å². The van der Waals surface area contributed by atoms with Gasteiger partial charge in [0, 0.05) is 61.4 Å². The molecule has 1 saturated carbocycles. The molecule has 0 radical (unpaired) electrons. The topological polar surface area (TPSA) is 70.8 Å². The van der Waals surface area contributed by atoms with Gasteiger partial charge in [-0.15, -0.1) is 0 Å². The summed E-state index contributed by atoms with van der Waals surface area (Å²) in [5.74, 6) is 0.567. The zero-order valence-electron chi connectivity index (χ0n) is 19.4. The van der Waals surface area contributed by atoms with Gasteiger partial charge in [0.05, 0.1) is 18.5 Å². The van der Waals surface area contributed by atoms with E-state index in [0.717, 1.165) is 47.4 Å². The van der Waals surface area contributed by atoms with Crippen LogP contribution in [0.2, 0.25) is 0 Å². The second-order valence-electron chi connectivity index (χ2n) is 8.99. The van der Waals surface area contributed by atoms with E-state index in [-0.39, 0.29) is 0 Å². The standard InChI is InChI=1S/C26H29N7O/c1-34-25-17-19(11-12-27-25)24-10-9-23(26-28-18-29-33(24)26)30-20-5-7-22(8-6-20)32-15-13-31(14-16-32)21-3-2-4-21/h5-12,17-18,21,30H,2-4,13-16H2,1H3. The normalized spacial score (nSPS) is 17.0. The molecule has 0 atom stereocenters. The smallest absolute Gasteiger partial charge is 0.213 e. The third kappa shape index (κ3) is 3.94. The molecule has 1 aromatic carbocycles. The minimum Gasteiger partial charge on any atom is -0.481 e. The molecule has 8 nitrogen and oxygen atoms in total. The number of aromatic nitrogens is 4. The second kappa shape index (κ2) is 8.95. The van der Waals surface area contributed by atoms with Gasteiger partial charge < -0.3 is 15.0 Å². The fourth-order valence-corrected chi connectivity index (χ4v) is 4.91. The van der Waals surface area contributed by atoms with E-state index in [2.05, 4.69) is 54.4 Å². The van der Waals surface area contributed by atoms with Crippen molar-refractivity contribution in [2.24, 2.45) is 0 Å². The van der Waals surface area contributed by atoms with Crippen molar-refractivity contribution in [3.63, 3.8) is 0 Å². The predicted octanol–water partition coefficient (Wildman–Crippen LogP) is 4.22. The fraction of sp³-hybridized carbons (Fsp3) is 0.346. The number of nitrogens with one attached hydrogen (secondary N) is 1. The number of hydrogen-bond donors (Lipinski definition) is 1. The van der Waals surface area contributed by atoms with Crippen LogP contribution in [0, 0.1) is 0 Å². The Morgan fingerprint density at radius 1 is 0.941 bits per heavy atom. The highest BCUT2D eigenvalue weighted by molar-refractivity contribution is 5.78. The molecule has 6 rings (SSSR count). The van der Waals surface area contributed by atoms with E-state index in [1.165, 1.54) is 38.0 Å². The van der Waals surface area contributed by atoms with Gasteiger partial charge in [0.2, 0.25) is 5.88 Å². The van der Waals surface area contributed by atoms with Crippen molar-refractivity contribution in [2.45, 2.75) is 25.3 Å². The van der Waals surface area contributed by atoms with Crippen LogP contribution in [-0.4, -0.2) is 63.8 Å². The van der Waals surface area contributed by atoms with Gasteiger partial charge in [0.15, 0.2) is 5.65 Å². The second-order valence-corrected chi connectivity index (χ2v) is 8.99. The Labute approximate surface area is 199 Å². The largest absolute Gasteiger partial charge is 0.481 e. The number of fused-ring (bicyclic) bond motifs is 1. The lowest BCUT2D eigenvalue weighted by Gasteiger charge is -2.43. The number of benzene rings is 1. The lowest BCUT2D eigenvalue weighted by Crippen LogP contribution is -2.52. The van der Waals surface area contributed by atoms with Crippen molar-refractivity contribution < 1.29 is 4.74 Å². The molecule has 8 heteroatoms. The highest BCUT2D eigenvalue weighted by Gasteiger charge is 2.27. The number of anilines is 3. The van der Waals surface area contributed by atoms with Crippen molar-refractivity contribution in [3.8, 4) is 17.1 Å². The molecule has 0 spiro atoms. The molecule has 0 unspecified atom stereocenters. The van der Waals surface area contributed by atoms with E-state index in [1.807, 2.05) is 28.8 Å². The molecule has 4 aromatic rings. The first-order valence-electron chi connectivity index (χ1n) is 12.0. The molecule has 1 aliphatic carbocycles. The molecule has 2 aliphatic rings. The summed E-state index contributed by atoms with van der Waals surface area (Å²) in [6.45, 7) is 4.55. The van der Waals surface area contributed by atoms with Crippen LogP contribution in [0.5, 0.6) is 5.88 Å². The van der Waals surface area contributed by atoms with Gasteiger partial charge in [-0.2, -0.15) is 5.10 Å². The van der Waals surface area contributed by atoms with Gasteiger partial charge in [-0.1, -0.05) is 6.42 Å². The Morgan fingerprint density at radius 3 is 2.50 bits per heavy atom. The van der Waals surface area contributed by atoms with Crippen LogP contribution < -0.4 is 15.0 Å². The maximum absolute atomic E-state index is 5.27. The monoisotopic (exact) mass is 455 g/mol. The number of piperazine rings is 1. The Kier molecular flexibility index (Phi) is 5.50. The number of methoxy groups -OCH3 is 1. The molecular weight excluding hydrogens is 426 g/mol. The van der Waals surface area contributed by atoms with Crippen LogP contribution in [0.4, 0.5) is 17.1 Å². The fourth-order valence-electron chi connectivity index (χ4n) is 4.91. The molecule has 1 aliphatic heterocycles. The summed E-state index contributed by atoms with van der Waals surface area (Å²) in [7, 11) is 1.62. The molecule has 0 amide bonds. The number of ether oxygens (including phenoxy) is 1. The Hall–Kier alpha value is -3.65. The van der Waals surface area contributed by atoms with Crippen LogP contribution in [0.25, 0.3) is 16.9 Å². The summed E-state index contributed by atoms with van der Waals surface area (Å²) < 4.78 is 7.12. The molecule has 34 heavy (non-hydrogen) atoms. The summed E-state index contributed by atoms with van der Waals surface area (Å²) in [5.41, 5.74) is 5.88. The molecule has 1 saturated heterocycles. The number of rotatable bonds is 6. The van der Waals surface area contributed by atoms with E-state index in [9.17, 15) is 0 Å². The molecule has 0 bridgehead atoms. The number of pyridine rings is 2. The van der Waals surface area contributed by atoms with Gasteiger partial charge in [-0.05, 0) is 55.3 Å². The van der Waals surface area contributed by atoms with Crippen LogP contribution >= 0.6 is 0 Å². The van der Waals surface area contributed by atoms with Crippen LogP contribution in [-0.2, 0) is 0 Å². The third-order valence-electron chi connectivity index (χ3n) is 7.08. The van der Waals surface area contributed by atoms with E-state index >= 15 is 0 Å². The summed E-state index contributed by atoms with van der Waals surface area (Å²) in [5, 5.41) is 7.96. The minimum absolute atomic E-state index is 0.567. The quantitative estimate of drug-likeness (QED) is 0.467. The predicted molar refractivity (Wildman–Crippen MR) is 134 cm³/mol. The first-order valence-corrected chi connectivity index (χ1v) is 12.0. The minimum atomic E-state index is 0.567. The number of nitrogens with zero attached hydrogens (tertiary/aromatic N) is 6. The molecule has 4 heterocycles. The number of hydrogen-bond acceptors (Lipinski definition) is 7. The van der Waals surface area contributed by atoms with E-state index in [4.69, 9.17) is 4.74 Å². The lowest BCUT2D eigenvalue weighted by molar-refractivity contribution is 0.120. The molecule has 2 fully saturated rings.